The van der Waals surface area contributed by atoms with Gasteiger partial charge in [-0.2, -0.15) is 26.3 Å². The minimum atomic E-state index is -4.44. The Balaban J connectivity index is 0.000000182. The molecule has 1 aromatic heterocycles. The van der Waals surface area contributed by atoms with Crippen LogP contribution in [0.1, 0.15) is 170 Å². The summed E-state index contributed by atoms with van der Waals surface area (Å²) in [6.07, 6.45) is -0.180. The molecular weight excluding hydrogens is 1320 g/mol. The second-order valence-corrected chi connectivity index (χ2v) is 33.6. The molecule has 0 bridgehead atoms. The number of nitrogens with zero attached hydrogens (tertiary/aromatic N) is 11. The highest BCUT2D eigenvalue weighted by molar-refractivity contribution is 5.78. The molecule has 6 heterocycles. The number of piperidine rings is 1. The first-order valence-electron chi connectivity index (χ1n) is 38.9. The summed E-state index contributed by atoms with van der Waals surface area (Å²) >= 11 is 0. The maximum absolute atomic E-state index is 12.8. The first kappa shape index (κ1) is 85.3. The highest BCUT2D eigenvalue weighted by atomic mass is 19.4. The molecule has 5 aliphatic rings. The molecule has 0 atom stereocenters. The molecule has 1 amide bonds. The minimum Gasteiger partial charge on any atom is -0.343 e. The number of amides is 1. The largest absolute Gasteiger partial charge is 0.451 e. The molecule has 5 aromatic carbocycles. The molecule has 6 aromatic rings. The number of likely N-dealkylation sites (tertiary alicyclic amines) is 1. The quantitative estimate of drug-likeness (QED) is 0.0651. The first-order chi connectivity index (χ1) is 49.2. The summed E-state index contributed by atoms with van der Waals surface area (Å²) in [4.78, 5) is 29.1. The van der Waals surface area contributed by atoms with Crippen LogP contribution in [0.4, 0.5) is 26.3 Å². The molecule has 0 N–H and O–H groups in total. The average Bonchev–Trinajstić information content (AvgIpc) is 1.64. The SMILES string of the molecule is CC(C)Cc1ccc(CN2CCC(C(C)(C)C)CC2)cc1.CC(C)Cc1ccc(CN2CCN(C)C(=O)C2)cc1.CC(C)Cc1ccc(CN2CCN(C)CC2)cc1.CC(C)Cc1ccc(CN2CCN(CC(F)(F)F)CC2)cc1.CC(C)Cc1ccc(CN2CCn3c(nnc3C(F)(F)F)C2)cc1. The van der Waals surface area contributed by atoms with Crippen molar-refractivity contribution < 1.29 is 31.1 Å². The lowest BCUT2D eigenvalue weighted by molar-refractivity contribution is -0.149. The minimum absolute atomic E-state index is 0.225. The van der Waals surface area contributed by atoms with E-state index in [0.717, 1.165) is 81.8 Å². The third kappa shape index (κ3) is 31.4. The van der Waals surface area contributed by atoms with E-state index in [0.29, 0.717) is 81.4 Å². The number of likely N-dealkylation sites (N-methyl/N-ethyl adjacent to an activating group) is 2. The van der Waals surface area contributed by atoms with E-state index in [1.807, 2.05) is 11.9 Å². The van der Waals surface area contributed by atoms with E-state index in [-0.39, 0.29) is 12.5 Å². The molecule has 18 heteroatoms. The topological polar surface area (TPSA) is 73.7 Å². The van der Waals surface area contributed by atoms with Gasteiger partial charge in [0.1, 0.15) is 5.82 Å². The number of alkyl halides is 6. The number of halogens is 6. The van der Waals surface area contributed by atoms with Crippen LogP contribution in [0.25, 0.3) is 0 Å². The second kappa shape index (κ2) is 41.4. The number of carbonyl (C=O) groups is 1. The van der Waals surface area contributed by atoms with Gasteiger partial charge in [-0.25, -0.2) is 0 Å². The molecule has 12 nitrogen and oxygen atoms in total. The molecule has 5 aliphatic heterocycles. The lowest BCUT2D eigenvalue weighted by atomic mass is 9.75. The maximum atomic E-state index is 12.8. The fraction of sp³-hybridized carbons (Fsp3) is 0.616. The van der Waals surface area contributed by atoms with Crippen LogP contribution >= 0.6 is 0 Å². The number of hydrogen-bond donors (Lipinski definition) is 0. The Hall–Kier alpha value is -5.99. The highest BCUT2D eigenvalue weighted by Gasteiger charge is 2.40. The fourth-order valence-corrected chi connectivity index (χ4v) is 14.4. The van der Waals surface area contributed by atoms with E-state index >= 15 is 0 Å². The average molecular weight is 1450 g/mol. The molecule has 4 saturated heterocycles. The van der Waals surface area contributed by atoms with Crippen LogP contribution in [-0.2, 0) is 88.9 Å². The molecule has 4 fully saturated rings. The molecule has 0 aliphatic carbocycles. The molecule has 104 heavy (non-hydrogen) atoms. The maximum Gasteiger partial charge on any atom is 0.451 e. The predicted molar refractivity (Wildman–Crippen MR) is 415 cm³/mol. The van der Waals surface area contributed by atoms with E-state index < -0.39 is 24.7 Å². The van der Waals surface area contributed by atoms with E-state index in [1.165, 1.54) is 124 Å². The van der Waals surface area contributed by atoms with E-state index in [2.05, 4.69) is 258 Å². The lowest BCUT2D eigenvalue weighted by Crippen LogP contribution is -2.48. The van der Waals surface area contributed by atoms with E-state index in [9.17, 15) is 31.1 Å². The fourth-order valence-electron chi connectivity index (χ4n) is 14.4. The monoisotopic (exact) mass is 1450 g/mol. The van der Waals surface area contributed by atoms with Crippen molar-refractivity contribution in [3.63, 3.8) is 0 Å². The molecule has 0 saturated carbocycles. The summed E-state index contributed by atoms with van der Waals surface area (Å²) in [5.41, 5.74) is 14.1. The zero-order chi connectivity index (χ0) is 75.7. The normalized spacial score (nSPS) is 17.5. The standard InChI is InChI=1S/C20H33N.C17H21F3N4.C17H25F3N2.C16H24N2O.C16H26N2/c1-16(2)14-17-6-8-18(9-7-17)15-21-12-10-19(11-13-21)20(3,4)5;1-12(2)9-13-3-5-14(6-4-13)10-23-7-8-24-15(11-23)21-22-16(24)17(18,19)20;1-14(2)11-15-3-5-16(6-4-15)12-21-7-9-22(10-8-21)13-17(18,19)20;1-13(2)10-14-4-6-15(7-5-14)11-18-9-8-17(3)16(19)12-18;1-14(2)12-15-4-6-16(7-5-15)13-18-10-8-17(3)9-11-18/h6-9,16,19H,10-15H2,1-5H3;3-6,12H,7-11H2,1-2H3;3-6,14H,7-13H2,1-2H3;4-7,13H,8-12H2,1-3H3;4-7,14H,8-13H2,1-3H3. The Morgan fingerprint density at radius 3 is 0.971 bits per heavy atom. The number of rotatable bonds is 21. The second-order valence-electron chi connectivity index (χ2n) is 33.6. The van der Waals surface area contributed by atoms with Gasteiger partial charge in [-0.05, 0) is 162 Å². The summed E-state index contributed by atoms with van der Waals surface area (Å²) in [6, 6.07) is 44.4. The van der Waals surface area contributed by atoms with Crippen molar-refractivity contribution in [3.05, 3.63) is 189 Å². The van der Waals surface area contributed by atoms with Crippen LogP contribution in [-0.4, -0.2) is 178 Å². The van der Waals surface area contributed by atoms with Crippen LogP contribution in [0.15, 0.2) is 121 Å². The predicted octanol–water partition coefficient (Wildman–Crippen LogP) is 17.0. The van der Waals surface area contributed by atoms with Gasteiger partial charge in [0.15, 0.2) is 0 Å². The number of carbonyl (C=O) groups excluding carboxylic acids is 1. The summed E-state index contributed by atoms with van der Waals surface area (Å²) in [5, 5.41) is 7.02. The van der Waals surface area contributed by atoms with Crippen LogP contribution in [0.5, 0.6) is 0 Å². The van der Waals surface area contributed by atoms with Gasteiger partial charge in [-0.15, -0.1) is 10.2 Å². The van der Waals surface area contributed by atoms with Crippen LogP contribution < -0.4 is 0 Å². The Labute approximate surface area is 622 Å². The Morgan fingerprint density at radius 2 is 0.654 bits per heavy atom. The van der Waals surface area contributed by atoms with Crippen LogP contribution in [0.2, 0.25) is 0 Å². The van der Waals surface area contributed by atoms with Crippen molar-refractivity contribution in [1.29, 1.82) is 0 Å². The van der Waals surface area contributed by atoms with Crippen molar-refractivity contribution >= 4 is 5.91 Å². The number of aromatic nitrogens is 3. The van der Waals surface area contributed by atoms with Gasteiger partial charge in [-0.1, -0.05) is 211 Å². The number of hydrogen-bond acceptors (Lipinski definition) is 10. The van der Waals surface area contributed by atoms with Crippen molar-refractivity contribution in [2.24, 2.45) is 40.9 Å². The molecule has 0 unspecified atom stereocenters. The van der Waals surface area contributed by atoms with Gasteiger partial charge in [0.05, 0.1) is 19.6 Å². The van der Waals surface area contributed by atoms with Crippen molar-refractivity contribution in [3.8, 4) is 0 Å². The van der Waals surface area contributed by atoms with Crippen molar-refractivity contribution in [1.82, 2.24) is 54.0 Å². The van der Waals surface area contributed by atoms with Crippen LogP contribution in [0, 0.1) is 40.9 Å². The van der Waals surface area contributed by atoms with Gasteiger partial charge in [0, 0.05) is 118 Å². The third-order valence-corrected chi connectivity index (χ3v) is 20.3. The Kier molecular flexibility index (Phi) is 33.9. The molecule has 0 radical (unpaired) electrons. The molecule has 0 spiro atoms. The summed E-state index contributed by atoms with van der Waals surface area (Å²) < 4.78 is 76.8. The smallest absolute Gasteiger partial charge is 0.343 e. The van der Waals surface area contributed by atoms with Gasteiger partial charge in [0.2, 0.25) is 11.7 Å². The number of fused-ring (bicyclic) bond motifs is 1. The molecule has 576 valence electrons. The summed E-state index contributed by atoms with van der Waals surface area (Å²) in [7, 11) is 4.08. The first-order valence-corrected chi connectivity index (χ1v) is 38.9. The molecular formula is C86H129F6N11O. The van der Waals surface area contributed by atoms with Gasteiger partial charge in [-0.3, -0.25) is 34.2 Å². The van der Waals surface area contributed by atoms with Crippen LogP contribution in [0.3, 0.4) is 0 Å². The zero-order valence-corrected chi connectivity index (χ0v) is 66.1. The highest BCUT2D eigenvalue weighted by Crippen LogP contribution is 2.35. The zero-order valence-electron chi connectivity index (χ0n) is 66.1. The number of benzene rings is 5. The van der Waals surface area contributed by atoms with Gasteiger partial charge >= 0.3 is 12.4 Å². The lowest BCUT2D eigenvalue weighted by Gasteiger charge is -2.38. The Morgan fingerprint density at radius 1 is 0.365 bits per heavy atom. The van der Waals surface area contributed by atoms with E-state index in [4.69, 9.17) is 0 Å². The van der Waals surface area contributed by atoms with Crippen molar-refractivity contribution in [2.75, 3.05) is 112 Å². The van der Waals surface area contributed by atoms with Gasteiger partial charge in [0.25, 0.3) is 0 Å². The Bertz CT molecular complexity index is 3370. The summed E-state index contributed by atoms with van der Waals surface area (Å²) in [6.45, 7) is 46.7. The van der Waals surface area contributed by atoms with Gasteiger partial charge < -0.3 is 14.4 Å². The molecule has 11 rings (SSSR count). The third-order valence-electron chi connectivity index (χ3n) is 20.3. The van der Waals surface area contributed by atoms with E-state index in [1.54, 1.807) is 0 Å². The number of piperazine rings is 3. The summed E-state index contributed by atoms with van der Waals surface area (Å²) in [5.74, 6) is 4.05. The van der Waals surface area contributed by atoms with Crippen molar-refractivity contribution in [2.45, 2.75) is 193 Å².